The zero-order valence-corrected chi connectivity index (χ0v) is 16.3. The molecule has 0 bridgehead atoms. The van der Waals surface area contributed by atoms with Crippen LogP contribution in [0, 0.1) is 17.9 Å². The fourth-order valence-corrected chi connectivity index (χ4v) is 3.58. The molecule has 150 valence electrons. The van der Waals surface area contributed by atoms with Gasteiger partial charge in [-0.05, 0) is 55.2 Å². The normalized spacial score (nSPS) is 13.5. The molecule has 0 aliphatic heterocycles. The SMILES string of the molecule is Cc1ccc(C(=O)NC2CC2)cc1-c1cc2[nH]nc(-c3cc[n+]([O-])cc3)c2cc1F. The van der Waals surface area contributed by atoms with Crippen LogP contribution in [-0.4, -0.2) is 22.1 Å². The van der Waals surface area contributed by atoms with Gasteiger partial charge in [-0.3, -0.25) is 9.89 Å². The van der Waals surface area contributed by atoms with E-state index in [1.807, 2.05) is 13.0 Å². The third-order valence-corrected chi connectivity index (χ3v) is 5.43. The maximum atomic E-state index is 15.2. The molecule has 0 radical (unpaired) electrons. The van der Waals surface area contributed by atoms with E-state index in [-0.39, 0.29) is 11.9 Å². The number of benzene rings is 2. The van der Waals surface area contributed by atoms with Gasteiger partial charge in [0.15, 0.2) is 12.4 Å². The lowest BCUT2D eigenvalue weighted by molar-refractivity contribution is -0.605. The summed E-state index contributed by atoms with van der Waals surface area (Å²) in [6.45, 7) is 1.89. The summed E-state index contributed by atoms with van der Waals surface area (Å²) in [6.07, 6.45) is 4.77. The van der Waals surface area contributed by atoms with Gasteiger partial charge in [-0.25, -0.2) is 4.39 Å². The number of aryl methyl sites for hydroxylation is 1. The van der Waals surface area contributed by atoms with Crippen molar-refractivity contribution in [1.82, 2.24) is 15.5 Å². The molecule has 1 amide bonds. The Labute approximate surface area is 171 Å². The summed E-state index contributed by atoms with van der Waals surface area (Å²) in [6, 6.07) is 12.0. The molecule has 1 saturated carbocycles. The van der Waals surface area contributed by atoms with E-state index in [1.54, 1.807) is 30.3 Å². The standard InChI is InChI=1S/C23H19FN4O2/c1-13-2-3-15(23(29)25-16-4-5-16)10-17(13)18-12-21-19(11-20(18)24)22(27-26-21)14-6-8-28(30)9-7-14/h2-3,6-12,16H,4-5H2,1H3,(H,25,29)(H,26,27). The first-order chi connectivity index (χ1) is 14.5. The van der Waals surface area contributed by atoms with Crippen molar-refractivity contribution in [3.8, 4) is 22.4 Å². The van der Waals surface area contributed by atoms with E-state index in [2.05, 4.69) is 15.5 Å². The molecule has 0 spiro atoms. The first-order valence-electron chi connectivity index (χ1n) is 9.78. The summed E-state index contributed by atoms with van der Waals surface area (Å²) in [5.41, 5.74) is 4.43. The van der Waals surface area contributed by atoms with E-state index in [4.69, 9.17) is 0 Å². The fourth-order valence-electron chi connectivity index (χ4n) is 3.58. The Morgan fingerprint density at radius 2 is 1.93 bits per heavy atom. The Kier molecular flexibility index (Phi) is 4.24. The molecule has 2 heterocycles. The van der Waals surface area contributed by atoms with Crippen molar-refractivity contribution >= 4 is 16.8 Å². The minimum atomic E-state index is -0.400. The minimum Gasteiger partial charge on any atom is -0.619 e. The van der Waals surface area contributed by atoms with Crippen LogP contribution in [0.25, 0.3) is 33.3 Å². The Morgan fingerprint density at radius 1 is 1.17 bits per heavy atom. The van der Waals surface area contributed by atoms with Crippen molar-refractivity contribution in [2.45, 2.75) is 25.8 Å². The molecule has 7 heteroatoms. The highest BCUT2D eigenvalue weighted by Gasteiger charge is 2.24. The number of H-pyrrole nitrogens is 1. The van der Waals surface area contributed by atoms with E-state index < -0.39 is 5.82 Å². The van der Waals surface area contributed by atoms with Crippen LogP contribution in [0.1, 0.15) is 28.8 Å². The van der Waals surface area contributed by atoms with Crippen LogP contribution in [0.5, 0.6) is 0 Å². The molecule has 2 aromatic heterocycles. The molecule has 2 N–H and O–H groups in total. The lowest BCUT2D eigenvalue weighted by atomic mass is 9.96. The molecule has 6 nitrogen and oxygen atoms in total. The van der Waals surface area contributed by atoms with Gasteiger partial charge >= 0.3 is 0 Å². The highest BCUT2D eigenvalue weighted by molar-refractivity contribution is 5.98. The minimum absolute atomic E-state index is 0.135. The van der Waals surface area contributed by atoms with Crippen molar-refractivity contribution in [3.05, 3.63) is 77.0 Å². The van der Waals surface area contributed by atoms with Crippen LogP contribution in [0.15, 0.2) is 54.9 Å². The lowest BCUT2D eigenvalue weighted by Crippen LogP contribution is -2.25. The molecule has 0 unspecified atom stereocenters. The summed E-state index contributed by atoms with van der Waals surface area (Å²) in [7, 11) is 0. The molecule has 0 saturated heterocycles. The number of amides is 1. The third kappa shape index (κ3) is 3.28. The summed E-state index contributed by atoms with van der Waals surface area (Å²) in [5, 5.41) is 22.1. The van der Waals surface area contributed by atoms with E-state index in [0.717, 1.165) is 24.0 Å². The largest absolute Gasteiger partial charge is 0.619 e. The number of carbonyl (C=O) groups is 1. The zero-order chi connectivity index (χ0) is 20.8. The Hall–Kier alpha value is -3.74. The number of nitrogens with zero attached hydrogens (tertiary/aromatic N) is 2. The number of carbonyl (C=O) groups excluding carboxylic acids is 1. The van der Waals surface area contributed by atoms with Crippen LogP contribution >= 0.6 is 0 Å². The number of fused-ring (bicyclic) bond motifs is 1. The Bertz CT molecular complexity index is 1280. The molecule has 0 atom stereocenters. The van der Waals surface area contributed by atoms with Gasteiger partial charge in [0.05, 0.1) is 5.52 Å². The van der Waals surface area contributed by atoms with Crippen molar-refractivity contribution in [1.29, 1.82) is 0 Å². The average Bonchev–Trinajstić information content (AvgIpc) is 3.46. The van der Waals surface area contributed by atoms with Crippen LogP contribution in [0.4, 0.5) is 4.39 Å². The van der Waals surface area contributed by atoms with Crippen molar-refractivity contribution in [3.63, 3.8) is 0 Å². The van der Waals surface area contributed by atoms with E-state index in [1.165, 1.54) is 18.5 Å². The Morgan fingerprint density at radius 3 is 2.67 bits per heavy atom. The molecule has 1 aliphatic rings. The average molecular weight is 402 g/mol. The van der Waals surface area contributed by atoms with Crippen molar-refractivity contribution in [2.24, 2.45) is 0 Å². The van der Waals surface area contributed by atoms with E-state index in [0.29, 0.717) is 38.0 Å². The first-order valence-corrected chi connectivity index (χ1v) is 9.78. The highest BCUT2D eigenvalue weighted by Crippen LogP contribution is 2.34. The number of halogens is 1. The number of pyridine rings is 1. The second-order valence-electron chi connectivity index (χ2n) is 7.67. The van der Waals surface area contributed by atoms with Crippen LogP contribution in [-0.2, 0) is 0 Å². The Balaban J connectivity index is 1.57. The molecule has 1 fully saturated rings. The van der Waals surface area contributed by atoms with Gasteiger partial charge in [0.2, 0.25) is 0 Å². The number of hydrogen-bond acceptors (Lipinski definition) is 3. The lowest BCUT2D eigenvalue weighted by Gasteiger charge is -2.11. The molecular weight excluding hydrogens is 383 g/mol. The quantitative estimate of drug-likeness (QED) is 0.401. The van der Waals surface area contributed by atoms with Gasteiger partial charge in [-0.2, -0.15) is 9.83 Å². The molecule has 4 aromatic rings. The second-order valence-corrected chi connectivity index (χ2v) is 7.67. The molecule has 30 heavy (non-hydrogen) atoms. The van der Waals surface area contributed by atoms with E-state index in [9.17, 15) is 10.0 Å². The zero-order valence-electron chi connectivity index (χ0n) is 16.3. The number of aromatic nitrogens is 3. The van der Waals surface area contributed by atoms with Gasteiger partial charge < -0.3 is 10.5 Å². The number of aromatic amines is 1. The molecular formula is C23H19FN4O2. The summed E-state index contributed by atoms with van der Waals surface area (Å²) in [4.78, 5) is 12.4. The smallest absolute Gasteiger partial charge is 0.251 e. The molecule has 2 aromatic carbocycles. The number of hydrogen-bond donors (Lipinski definition) is 2. The number of rotatable bonds is 4. The summed E-state index contributed by atoms with van der Waals surface area (Å²) >= 11 is 0. The first kappa shape index (κ1) is 18.3. The van der Waals surface area contributed by atoms with Gasteiger partial charge in [0.1, 0.15) is 11.5 Å². The van der Waals surface area contributed by atoms with Gasteiger partial charge in [0, 0.05) is 40.3 Å². The maximum Gasteiger partial charge on any atom is 0.251 e. The second kappa shape index (κ2) is 6.95. The third-order valence-electron chi connectivity index (χ3n) is 5.43. The molecule has 1 aliphatic carbocycles. The fraction of sp³-hybridized carbons (Fsp3) is 0.174. The van der Waals surface area contributed by atoms with Gasteiger partial charge in [-0.15, -0.1) is 0 Å². The van der Waals surface area contributed by atoms with Crippen molar-refractivity contribution in [2.75, 3.05) is 0 Å². The monoisotopic (exact) mass is 402 g/mol. The van der Waals surface area contributed by atoms with Crippen LogP contribution in [0.2, 0.25) is 0 Å². The topological polar surface area (TPSA) is 84.7 Å². The van der Waals surface area contributed by atoms with Crippen LogP contribution < -0.4 is 10.0 Å². The maximum absolute atomic E-state index is 15.2. The predicted molar refractivity (Wildman–Crippen MR) is 111 cm³/mol. The van der Waals surface area contributed by atoms with Crippen LogP contribution in [0.3, 0.4) is 0 Å². The highest BCUT2D eigenvalue weighted by atomic mass is 19.1. The van der Waals surface area contributed by atoms with Gasteiger partial charge in [0.25, 0.3) is 5.91 Å². The summed E-state index contributed by atoms with van der Waals surface area (Å²) in [5.74, 6) is -0.536. The predicted octanol–water partition coefficient (Wildman–Crippen LogP) is 3.87. The number of nitrogens with one attached hydrogen (secondary N) is 2. The van der Waals surface area contributed by atoms with Crippen molar-refractivity contribution < 1.29 is 13.9 Å². The van der Waals surface area contributed by atoms with Gasteiger partial charge in [-0.1, -0.05) is 6.07 Å². The van der Waals surface area contributed by atoms with E-state index >= 15 is 4.39 Å². The molecule has 5 rings (SSSR count). The summed E-state index contributed by atoms with van der Waals surface area (Å²) < 4.78 is 15.9.